The van der Waals surface area contributed by atoms with Crippen LogP contribution in [-0.2, 0) is 6.18 Å². The van der Waals surface area contributed by atoms with E-state index in [0.717, 1.165) is 0 Å². The van der Waals surface area contributed by atoms with E-state index in [1.165, 1.54) is 0 Å². The molecule has 8 heteroatoms. The molecule has 5 nitrogen and oxygen atoms in total. The Hall–Kier alpha value is -1.57. The maximum absolute atomic E-state index is 12.7. The van der Waals surface area contributed by atoms with Crippen molar-refractivity contribution in [1.29, 1.82) is 0 Å². The van der Waals surface area contributed by atoms with Gasteiger partial charge in [-0.15, -0.1) is 0 Å². The van der Waals surface area contributed by atoms with Gasteiger partial charge in [-0.3, -0.25) is 9.78 Å². The topological polar surface area (TPSA) is 69.8 Å². The first kappa shape index (κ1) is 16.8. The molecule has 0 unspecified atom stereocenters. The number of halogens is 3. The highest BCUT2D eigenvalue weighted by molar-refractivity contribution is 5.29. The molecule has 0 atom stereocenters. The zero-order valence-corrected chi connectivity index (χ0v) is 13.1. The second kappa shape index (κ2) is 5.26. The van der Waals surface area contributed by atoms with Crippen LogP contribution in [0.15, 0.2) is 10.9 Å². The summed E-state index contributed by atoms with van der Waals surface area (Å²) in [4.78, 5) is 17.2. The highest BCUT2D eigenvalue weighted by atomic mass is 19.4. The number of aromatic nitrogens is 2. The molecule has 1 aliphatic heterocycles. The van der Waals surface area contributed by atoms with Gasteiger partial charge in [0, 0.05) is 23.2 Å². The van der Waals surface area contributed by atoms with E-state index < -0.39 is 17.4 Å². The van der Waals surface area contributed by atoms with Crippen LogP contribution in [0.5, 0.6) is 0 Å². The minimum atomic E-state index is -4.64. The molecular weight excluding hydrogens is 297 g/mol. The molecular formula is C14H21F3N4O. The van der Waals surface area contributed by atoms with Crippen molar-refractivity contribution in [1.82, 2.24) is 15.3 Å². The number of aromatic amines is 1. The van der Waals surface area contributed by atoms with Crippen molar-refractivity contribution in [3.8, 4) is 0 Å². The Morgan fingerprint density at radius 2 is 1.77 bits per heavy atom. The van der Waals surface area contributed by atoms with Crippen LogP contribution in [0.25, 0.3) is 0 Å². The Bertz CT molecular complexity index is 591. The smallest absolute Gasteiger partial charge is 0.353 e. The summed E-state index contributed by atoms with van der Waals surface area (Å²) in [6.45, 7) is 8.13. The Kier molecular flexibility index (Phi) is 4.01. The molecule has 1 aromatic heterocycles. The van der Waals surface area contributed by atoms with Gasteiger partial charge in [0.15, 0.2) is 5.69 Å². The van der Waals surface area contributed by atoms with Crippen LogP contribution in [0.3, 0.4) is 0 Å². The number of rotatable bonds is 2. The molecule has 1 saturated heterocycles. The number of nitrogens with zero attached hydrogens (tertiary/aromatic N) is 1. The van der Waals surface area contributed by atoms with Crippen LogP contribution in [0.2, 0.25) is 0 Å². The lowest BCUT2D eigenvalue weighted by molar-refractivity contribution is -0.141. The van der Waals surface area contributed by atoms with E-state index in [-0.39, 0.29) is 23.1 Å². The lowest BCUT2D eigenvalue weighted by atomic mass is 9.80. The molecule has 1 aliphatic rings. The second-order valence-electron chi connectivity index (χ2n) is 7.12. The fourth-order valence-electron chi connectivity index (χ4n) is 3.29. The molecule has 0 bridgehead atoms. The number of piperidine rings is 1. The zero-order valence-electron chi connectivity index (χ0n) is 13.1. The van der Waals surface area contributed by atoms with E-state index in [9.17, 15) is 18.0 Å². The highest BCUT2D eigenvalue weighted by Gasteiger charge is 2.38. The van der Waals surface area contributed by atoms with Gasteiger partial charge in [-0.05, 0) is 40.5 Å². The van der Waals surface area contributed by atoms with Gasteiger partial charge < -0.3 is 10.6 Å². The molecule has 0 aliphatic carbocycles. The summed E-state index contributed by atoms with van der Waals surface area (Å²) in [6.07, 6.45) is -3.23. The molecule has 0 radical (unpaired) electrons. The van der Waals surface area contributed by atoms with Gasteiger partial charge in [0.2, 0.25) is 5.95 Å². The van der Waals surface area contributed by atoms with Crippen molar-refractivity contribution in [2.45, 2.75) is 63.8 Å². The molecule has 1 fully saturated rings. The van der Waals surface area contributed by atoms with Gasteiger partial charge in [0.05, 0.1) is 0 Å². The lowest BCUT2D eigenvalue weighted by Gasteiger charge is -2.46. The molecule has 0 spiro atoms. The summed E-state index contributed by atoms with van der Waals surface area (Å²) in [6, 6.07) is 0.375. The first-order valence-electron chi connectivity index (χ1n) is 7.11. The number of hydrogen-bond donors (Lipinski definition) is 3. The minimum absolute atomic E-state index is 0.0853. The van der Waals surface area contributed by atoms with Crippen LogP contribution >= 0.6 is 0 Å². The van der Waals surface area contributed by atoms with Crippen LogP contribution < -0.4 is 16.2 Å². The zero-order chi connectivity index (χ0) is 16.8. The number of anilines is 1. The number of hydrogen-bond acceptors (Lipinski definition) is 4. The van der Waals surface area contributed by atoms with E-state index in [0.29, 0.717) is 18.9 Å². The summed E-state index contributed by atoms with van der Waals surface area (Å²) < 4.78 is 38.2. The van der Waals surface area contributed by atoms with Gasteiger partial charge >= 0.3 is 6.18 Å². The summed E-state index contributed by atoms with van der Waals surface area (Å²) in [7, 11) is 0. The maximum atomic E-state index is 12.7. The maximum Gasteiger partial charge on any atom is 0.433 e. The van der Waals surface area contributed by atoms with E-state index in [1.807, 2.05) is 27.7 Å². The third-order valence-electron chi connectivity index (χ3n) is 3.56. The number of nitrogens with one attached hydrogen (secondary N) is 3. The van der Waals surface area contributed by atoms with Crippen molar-refractivity contribution >= 4 is 5.95 Å². The SMILES string of the molecule is CC1(C)CC(Nc2nc(C(F)(F)F)cc(=O)[nH]2)CC(C)(C)N1. The highest BCUT2D eigenvalue weighted by Crippen LogP contribution is 2.31. The summed E-state index contributed by atoms with van der Waals surface area (Å²) in [5, 5.41) is 6.42. The molecule has 1 aromatic rings. The molecule has 0 amide bonds. The summed E-state index contributed by atoms with van der Waals surface area (Å²) in [5.74, 6) is -0.140. The average molecular weight is 318 g/mol. The number of H-pyrrole nitrogens is 1. The molecule has 124 valence electrons. The van der Waals surface area contributed by atoms with E-state index >= 15 is 0 Å². The molecule has 2 heterocycles. The van der Waals surface area contributed by atoms with Crippen molar-refractivity contribution in [3.05, 3.63) is 22.1 Å². The largest absolute Gasteiger partial charge is 0.433 e. The van der Waals surface area contributed by atoms with Crippen molar-refractivity contribution in [3.63, 3.8) is 0 Å². The fourth-order valence-corrected chi connectivity index (χ4v) is 3.29. The quantitative estimate of drug-likeness (QED) is 0.784. The Morgan fingerprint density at radius 3 is 2.27 bits per heavy atom. The lowest BCUT2D eigenvalue weighted by Crippen LogP contribution is -2.60. The van der Waals surface area contributed by atoms with Crippen LogP contribution in [-0.4, -0.2) is 27.1 Å². The summed E-state index contributed by atoms with van der Waals surface area (Å²) in [5.41, 5.74) is -2.34. The first-order chi connectivity index (χ1) is 9.86. The van der Waals surface area contributed by atoms with E-state index in [1.54, 1.807) is 0 Å². The van der Waals surface area contributed by atoms with E-state index in [4.69, 9.17) is 0 Å². The van der Waals surface area contributed by atoms with Crippen molar-refractivity contribution in [2.75, 3.05) is 5.32 Å². The predicted octanol–water partition coefficient (Wildman–Crippen LogP) is 2.51. The third kappa shape index (κ3) is 4.22. The molecule has 0 aromatic carbocycles. The van der Waals surface area contributed by atoms with Crippen LogP contribution in [0.1, 0.15) is 46.2 Å². The Balaban J connectivity index is 2.24. The van der Waals surface area contributed by atoms with Gasteiger partial charge in [-0.2, -0.15) is 13.2 Å². The Morgan fingerprint density at radius 1 is 1.23 bits per heavy atom. The number of alkyl halides is 3. The molecule has 0 saturated carbocycles. The monoisotopic (exact) mass is 318 g/mol. The molecule has 22 heavy (non-hydrogen) atoms. The fraction of sp³-hybridized carbons (Fsp3) is 0.714. The standard InChI is InChI=1S/C14H21F3N4O/c1-12(2)6-8(7-13(3,4)21-12)18-11-19-9(14(15,16)17)5-10(22)20-11/h5,8,21H,6-7H2,1-4H3,(H2,18,19,20,22). The van der Waals surface area contributed by atoms with Gasteiger partial charge in [0.1, 0.15) is 0 Å². The molecule has 3 N–H and O–H groups in total. The second-order valence-corrected chi connectivity index (χ2v) is 7.12. The van der Waals surface area contributed by atoms with E-state index in [2.05, 4.69) is 20.6 Å². The van der Waals surface area contributed by atoms with Gasteiger partial charge in [0.25, 0.3) is 5.56 Å². The molecule has 2 rings (SSSR count). The van der Waals surface area contributed by atoms with Crippen molar-refractivity contribution < 1.29 is 13.2 Å². The van der Waals surface area contributed by atoms with Crippen molar-refractivity contribution in [2.24, 2.45) is 0 Å². The normalized spacial score (nSPS) is 21.6. The average Bonchev–Trinajstić information content (AvgIpc) is 2.21. The Labute approximate surface area is 126 Å². The third-order valence-corrected chi connectivity index (χ3v) is 3.56. The van der Waals surface area contributed by atoms with Crippen LogP contribution in [0.4, 0.5) is 19.1 Å². The van der Waals surface area contributed by atoms with Gasteiger partial charge in [-0.25, -0.2) is 4.98 Å². The van der Waals surface area contributed by atoms with Gasteiger partial charge in [-0.1, -0.05) is 0 Å². The predicted molar refractivity (Wildman–Crippen MR) is 77.8 cm³/mol. The minimum Gasteiger partial charge on any atom is -0.353 e. The van der Waals surface area contributed by atoms with Crippen LogP contribution in [0, 0.1) is 0 Å². The first-order valence-corrected chi connectivity index (χ1v) is 7.11. The summed E-state index contributed by atoms with van der Waals surface area (Å²) >= 11 is 0.